The van der Waals surface area contributed by atoms with Crippen LogP contribution in [0.5, 0.6) is 0 Å². The zero-order valence-corrected chi connectivity index (χ0v) is 13.6. The lowest BCUT2D eigenvalue weighted by atomic mass is 10.2. The summed E-state index contributed by atoms with van der Waals surface area (Å²) in [6, 6.07) is 1.78. The van der Waals surface area contributed by atoms with E-state index in [4.69, 9.17) is 0 Å². The van der Waals surface area contributed by atoms with Crippen molar-refractivity contribution < 1.29 is 8.42 Å². The monoisotopic (exact) mass is 300 g/mol. The van der Waals surface area contributed by atoms with E-state index in [0.29, 0.717) is 12.4 Å². The third-order valence-corrected chi connectivity index (χ3v) is 5.35. The lowest BCUT2D eigenvalue weighted by Gasteiger charge is -2.23. The molecule has 0 radical (unpaired) electrons. The first-order chi connectivity index (χ1) is 9.19. The van der Waals surface area contributed by atoms with E-state index in [1.54, 1.807) is 27.0 Å². The van der Waals surface area contributed by atoms with Crippen molar-refractivity contribution in [3.8, 4) is 0 Å². The summed E-state index contributed by atoms with van der Waals surface area (Å²) in [5.41, 5.74) is 0. The van der Waals surface area contributed by atoms with Gasteiger partial charge in [-0.25, -0.2) is 18.4 Å². The van der Waals surface area contributed by atoms with Crippen molar-refractivity contribution in [2.75, 3.05) is 30.5 Å². The number of nitrogens with one attached hydrogen (secondary N) is 2. The maximum atomic E-state index is 11.7. The molecular formula is C13H24N4O2S. The fraction of sp³-hybridized carbons (Fsp3) is 0.692. The molecule has 0 spiro atoms. The van der Waals surface area contributed by atoms with Crippen molar-refractivity contribution in [3.63, 3.8) is 0 Å². The number of sulfone groups is 1. The van der Waals surface area contributed by atoms with Gasteiger partial charge in [0.25, 0.3) is 0 Å². The summed E-state index contributed by atoms with van der Waals surface area (Å²) in [6.07, 6.45) is 3.00. The first kappa shape index (κ1) is 16.7. The van der Waals surface area contributed by atoms with Gasteiger partial charge in [-0.05, 0) is 20.3 Å². The van der Waals surface area contributed by atoms with Crippen molar-refractivity contribution in [1.29, 1.82) is 0 Å². The van der Waals surface area contributed by atoms with E-state index in [2.05, 4.69) is 27.5 Å². The number of rotatable bonds is 7. The highest BCUT2D eigenvalue weighted by atomic mass is 32.2. The average Bonchev–Trinajstić information content (AvgIpc) is 2.35. The van der Waals surface area contributed by atoms with E-state index in [0.717, 1.165) is 24.5 Å². The molecule has 0 amide bonds. The van der Waals surface area contributed by atoms with Gasteiger partial charge >= 0.3 is 0 Å². The summed E-state index contributed by atoms with van der Waals surface area (Å²) >= 11 is 0. The lowest BCUT2D eigenvalue weighted by molar-refractivity contribution is 0.559. The smallest absolute Gasteiger partial charge is 0.154 e. The molecule has 0 aliphatic carbocycles. The molecule has 7 heteroatoms. The van der Waals surface area contributed by atoms with Crippen molar-refractivity contribution in [2.24, 2.45) is 0 Å². The highest BCUT2D eigenvalue weighted by Crippen LogP contribution is 2.17. The highest BCUT2D eigenvalue weighted by molar-refractivity contribution is 7.92. The van der Waals surface area contributed by atoms with Crippen LogP contribution < -0.4 is 10.6 Å². The standard InChI is InChI=1S/C13H24N4O2S/c1-6-7-10-16-11(14-4)8-12(17-10)15-9-13(2,3)20(5,18)19/h8H,6-7,9H2,1-5H3,(H2,14,15,16,17). The van der Waals surface area contributed by atoms with Crippen molar-refractivity contribution in [2.45, 2.75) is 38.4 Å². The van der Waals surface area contributed by atoms with Gasteiger partial charge in [-0.1, -0.05) is 6.92 Å². The Hall–Kier alpha value is -1.37. The van der Waals surface area contributed by atoms with Gasteiger partial charge in [-0.15, -0.1) is 0 Å². The van der Waals surface area contributed by atoms with Gasteiger partial charge in [0.1, 0.15) is 17.5 Å². The largest absolute Gasteiger partial charge is 0.373 e. The Morgan fingerprint density at radius 2 is 1.85 bits per heavy atom. The molecule has 20 heavy (non-hydrogen) atoms. The van der Waals surface area contributed by atoms with Gasteiger partial charge in [-0.3, -0.25) is 0 Å². The second-order valence-corrected chi connectivity index (χ2v) is 8.09. The topological polar surface area (TPSA) is 84.0 Å². The Morgan fingerprint density at radius 1 is 1.25 bits per heavy atom. The van der Waals surface area contributed by atoms with E-state index in [1.165, 1.54) is 6.26 Å². The van der Waals surface area contributed by atoms with Crippen LogP contribution >= 0.6 is 0 Å². The number of aryl methyl sites for hydroxylation is 1. The van der Waals surface area contributed by atoms with Crippen LogP contribution in [-0.2, 0) is 16.3 Å². The van der Waals surface area contributed by atoms with Gasteiger partial charge < -0.3 is 10.6 Å². The highest BCUT2D eigenvalue weighted by Gasteiger charge is 2.30. The minimum atomic E-state index is -3.13. The van der Waals surface area contributed by atoms with Crippen LogP contribution in [0.2, 0.25) is 0 Å². The molecule has 1 heterocycles. The summed E-state index contributed by atoms with van der Waals surface area (Å²) in [5.74, 6) is 2.12. The molecule has 2 N–H and O–H groups in total. The Labute approximate surface area is 121 Å². The zero-order valence-electron chi connectivity index (χ0n) is 12.8. The zero-order chi connectivity index (χ0) is 15.4. The van der Waals surface area contributed by atoms with Crippen molar-refractivity contribution in [3.05, 3.63) is 11.9 Å². The molecule has 1 aromatic rings. The Kier molecular flexibility index (Phi) is 5.33. The summed E-state index contributed by atoms with van der Waals surface area (Å²) in [5, 5.41) is 6.08. The molecule has 1 rings (SSSR count). The van der Waals surface area contributed by atoms with Gasteiger partial charge in [0, 0.05) is 32.3 Å². The third-order valence-electron chi connectivity index (χ3n) is 3.20. The number of hydrogen-bond acceptors (Lipinski definition) is 6. The van der Waals surface area contributed by atoms with Gasteiger partial charge in [0.15, 0.2) is 9.84 Å². The first-order valence-corrected chi connectivity index (χ1v) is 8.58. The molecule has 1 aromatic heterocycles. The quantitative estimate of drug-likeness (QED) is 0.797. The maximum Gasteiger partial charge on any atom is 0.154 e. The van der Waals surface area contributed by atoms with Crippen LogP contribution in [0.4, 0.5) is 11.6 Å². The fourth-order valence-corrected chi connectivity index (χ4v) is 1.82. The van der Waals surface area contributed by atoms with Crippen LogP contribution in [0.25, 0.3) is 0 Å². The van der Waals surface area contributed by atoms with E-state index < -0.39 is 14.6 Å². The number of hydrogen-bond donors (Lipinski definition) is 2. The minimum absolute atomic E-state index is 0.303. The van der Waals surface area contributed by atoms with Gasteiger partial charge in [-0.2, -0.15) is 0 Å². The summed E-state index contributed by atoms with van der Waals surface area (Å²) in [7, 11) is -1.34. The van der Waals surface area contributed by atoms with Crippen LogP contribution in [0.15, 0.2) is 6.07 Å². The molecule has 114 valence electrons. The van der Waals surface area contributed by atoms with Crippen LogP contribution in [0.1, 0.15) is 33.0 Å². The van der Waals surface area contributed by atoms with E-state index in [1.807, 2.05) is 0 Å². The Morgan fingerprint density at radius 3 is 2.35 bits per heavy atom. The minimum Gasteiger partial charge on any atom is -0.373 e. The molecule has 0 unspecified atom stereocenters. The fourth-order valence-electron chi connectivity index (χ4n) is 1.49. The SMILES string of the molecule is CCCc1nc(NC)cc(NCC(C)(C)S(C)(=O)=O)n1. The van der Waals surface area contributed by atoms with E-state index in [9.17, 15) is 8.42 Å². The molecule has 0 saturated heterocycles. The first-order valence-electron chi connectivity index (χ1n) is 6.69. The third kappa shape index (κ3) is 4.33. The average molecular weight is 300 g/mol. The molecule has 0 aromatic carbocycles. The lowest BCUT2D eigenvalue weighted by Crippen LogP contribution is -2.38. The molecule has 0 atom stereocenters. The van der Waals surface area contributed by atoms with Crippen LogP contribution in [0, 0.1) is 0 Å². The number of nitrogens with zero attached hydrogens (tertiary/aromatic N) is 2. The predicted molar refractivity (Wildman–Crippen MR) is 83.0 cm³/mol. The molecule has 0 fully saturated rings. The van der Waals surface area contributed by atoms with E-state index >= 15 is 0 Å². The summed E-state index contributed by atoms with van der Waals surface area (Å²) in [4.78, 5) is 8.75. The Balaban J connectivity index is 2.90. The molecule has 0 aliphatic rings. The number of anilines is 2. The second kappa shape index (κ2) is 6.39. The van der Waals surface area contributed by atoms with Gasteiger partial charge in [0.2, 0.25) is 0 Å². The summed E-state index contributed by atoms with van der Waals surface area (Å²) in [6.45, 7) is 5.76. The van der Waals surface area contributed by atoms with Gasteiger partial charge in [0.05, 0.1) is 4.75 Å². The molecule has 6 nitrogen and oxygen atoms in total. The molecular weight excluding hydrogens is 276 g/mol. The molecule has 0 saturated carbocycles. The Bertz CT molecular complexity index is 555. The second-order valence-electron chi connectivity index (χ2n) is 5.44. The van der Waals surface area contributed by atoms with Crippen molar-refractivity contribution in [1.82, 2.24) is 9.97 Å². The molecule has 0 bridgehead atoms. The normalized spacial score (nSPS) is 12.2. The maximum absolute atomic E-state index is 11.7. The predicted octanol–water partition coefficient (Wildman–Crippen LogP) is 1.71. The van der Waals surface area contributed by atoms with Crippen LogP contribution in [0.3, 0.4) is 0 Å². The summed E-state index contributed by atoms with van der Waals surface area (Å²) < 4.78 is 22.5. The number of aromatic nitrogens is 2. The van der Waals surface area contributed by atoms with Crippen molar-refractivity contribution >= 4 is 21.5 Å². The van der Waals surface area contributed by atoms with Crippen LogP contribution in [-0.4, -0.2) is 43.0 Å². The van der Waals surface area contributed by atoms with E-state index in [-0.39, 0.29) is 0 Å². The molecule has 0 aliphatic heterocycles.